The van der Waals surface area contributed by atoms with Crippen LogP contribution in [0.3, 0.4) is 0 Å². The van der Waals surface area contributed by atoms with Crippen LogP contribution in [0.25, 0.3) is 11.3 Å². The zero-order valence-corrected chi connectivity index (χ0v) is 12.9. The Balaban J connectivity index is 1.36. The highest BCUT2D eigenvalue weighted by Gasteiger charge is 2.39. The van der Waals surface area contributed by atoms with E-state index in [1.165, 1.54) is 0 Å². The lowest BCUT2D eigenvalue weighted by molar-refractivity contribution is -0.125. The van der Waals surface area contributed by atoms with Crippen LogP contribution >= 0.6 is 0 Å². The average Bonchev–Trinajstić information content (AvgIpc) is 3.24. The maximum Gasteiger partial charge on any atom is 0.223 e. The van der Waals surface area contributed by atoms with Crippen molar-refractivity contribution in [3.8, 4) is 11.3 Å². The normalized spacial score (nSPS) is 24.8. The molecule has 2 aromatic rings. The lowest BCUT2D eigenvalue weighted by Crippen LogP contribution is -2.32. The maximum absolute atomic E-state index is 12.3. The number of nitrogens with one attached hydrogen (secondary N) is 1. The van der Waals surface area contributed by atoms with Gasteiger partial charge < -0.3 is 5.32 Å². The Morgan fingerprint density at radius 2 is 2.13 bits per heavy atom. The molecule has 0 spiro atoms. The largest absolute Gasteiger partial charge is 0.352 e. The van der Waals surface area contributed by atoms with Crippen LogP contribution in [0.2, 0.25) is 0 Å². The number of amides is 1. The Morgan fingerprint density at radius 3 is 2.78 bits per heavy atom. The Labute approximate surface area is 135 Å². The molecule has 1 amide bonds. The van der Waals surface area contributed by atoms with E-state index < -0.39 is 0 Å². The quantitative estimate of drug-likeness (QED) is 0.884. The van der Waals surface area contributed by atoms with Crippen molar-refractivity contribution in [2.75, 3.05) is 0 Å². The van der Waals surface area contributed by atoms with Gasteiger partial charge in [0, 0.05) is 36.6 Å². The molecule has 2 bridgehead atoms. The van der Waals surface area contributed by atoms with Crippen molar-refractivity contribution in [1.29, 1.82) is 0 Å². The van der Waals surface area contributed by atoms with Crippen LogP contribution in [0.1, 0.15) is 18.4 Å². The number of nitrogens with zero attached hydrogens (tertiary/aromatic N) is 2. The Morgan fingerprint density at radius 1 is 1.17 bits per heavy atom. The third-order valence-corrected chi connectivity index (χ3v) is 4.86. The number of allylic oxidation sites excluding steroid dienone is 2. The molecule has 0 aliphatic heterocycles. The fourth-order valence-electron chi connectivity index (χ4n) is 3.62. The average molecular weight is 305 g/mol. The second-order valence-corrected chi connectivity index (χ2v) is 6.40. The SMILES string of the molecule is O=C(NCc1ccc(-c2cccnc2)nc1)C1CC2C=CC1C2. The van der Waals surface area contributed by atoms with Crippen LogP contribution in [-0.4, -0.2) is 15.9 Å². The minimum absolute atomic E-state index is 0.160. The summed E-state index contributed by atoms with van der Waals surface area (Å²) >= 11 is 0. The molecule has 0 aromatic carbocycles. The molecule has 4 heteroatoms. The Hall–Kier alpha value is -2.49. The first-order chi connectivity index (χ1) is 11.3. The molecule has 0 saturated heterocycles. The molecule has 4 nitrogen and oxygen atoms in total. The van der Waals surface area contributed by atoms with Gasteiger partial charge in [-0.2, -0.15) is 0 Å². The van der Waals surface area contributed by atoms with Crippen molar-refractivity contribution in [1.82, 2.24) is 15.3 Å². The summed E-state index contributed by atoms with van der Waals surface area (Å²) in [4.78, 5) is 20.9. The third kappa shape index (κ3) is 2.89. The van der Waals surface area contributed by atoms with Crippen molar-refractivity contribution < 1.29 is 4.79 Å². The maximum atomic E-state index is 12.3. The van der Waals surface area contributed by atoms with Gasteiger partial charge in [-0.25, -0.2) is 0 Å². The van der Waals surface area contributed by atoms with Crippen LogP contribution in [0, 0.1) is 17.8 Å². The minimum Gasteiger partial charge on any atom is -0.352 e. The molecule has 3 atom stereocenters. The molecule has 23 heavy (non-hydrogen) atoms. The number of hydrogen-bond acceptors (Lipinski definition) is 3. The van der Waals surface area contributed by atoms with Crippen molar-refractivity contribution in [2.24, 2.45) is 17.8 Å². The lowest BCUT2D eigenvalue weighted by Gasteiger charge is -2.17. The summed E-state index contributed by atoms with van der Waals surface area (Å²) in [6.07, 6.45) is 12.0. The highest BCUT2D eigenvalue weighted by molar-refractivity contribution is 5.80. The zero-order valence-electron chi connectivity index (χ0n) is 12.9. The standard InChI is InChI=1S/C19H19N3O/c23-19(17-9-13-3-5-15(17)8-13)22-11-14-4-6-18(21-10-14)16-2-1-7-20-12-16/h1-7,10,12-13,15,17H,8-9,11H2,(H,22,23). The number of pyridine rings is 2. The second kappa shape index (κ2) is 5.95. The molecule has 2 aromatic heterocycles. The van der Waals surface area contributed by atoms with E-state index in [0.717, 1.165) is 29.7 Å². The number of aromatic nitrogens is 2. The highest BCUT2D eigenvalue weighted by atomic mass is 16.1. The fraction of sp³-hybridized carbons (Fsp3) is 0.316. The molecule has 2 heterocycles. The first-order valence-electron chi connectivity index (χ1n) is 8.11. The predicted octanol–water partition coefficient (Wildman–Crippen LogP) is 2.97. The number of carbonyl (C=O) groups excluding carboxylic acids is 1. The van der Waals surface area contributed by atoms with Crippen molar-refractivity contribution in [2.45, 2.75) is 19.4 Å². The first kappa shape index (κ1) is 14.1. The van der Waals surface area contributed by atoms with E-state index >= 15 is 0 Å². The summed E-state index contributed by atoms with van der Waals surface area (Å²) in [5, 5.41) is 3.06. The van der Waals surface area contributed by atoms with E-state index in [0.29, 0.717) is 18.4 Å². The van der Waals surface area contributed by atoms with E-state index in [1.807, 2.05) is 30.5 Å². The molecule has 4 rings (SSSR count). The smallest absolute Gasteiger partial charge is 0.223 e. The monoisotopic (exact) mass is 305 g/mol. The fourth-order valence-corrected chi connectivity index (χ4v) is 3.62. The van der Waals surface area contributed by atoms with Crippen molar-refractivity contribution in [3.63, 3.8) is 0 Å². The van der Waals surface area contributed by atoms with Gasteiger partial charge in [0.1, 0.15) is 0 Å². The summed E-state index contributed by atoms with van der Waals surface area (Å²) in [5.74, 6) is 1.41. The summed E-state index contributed by atoms with van der Waals surface area (Å²) in [7, 11) is 0. The summed E-state index contributed by atoms with van der Waals surface area (Å²) in [5.41, 5.74) is 2.91. The predicted molar refractivity (Wildman–Crippen MR) is 88.2 cm³/mol. The van der Waals surface area contributed by atoms with Gasteiger partial charge in [-0.05, 0) is 48.4 Å². The molecule has 2 aliphatic carbocycles. The van der Waals surface area contributed by atoms with E-state index in [2.05, 4.69) is 27.4 Å². The molecule has 3 unspecified atom stereocenters. The van der Waals surface area contributed by atoms with Gasteiger partial charge in [0.25, 0.3) is 0 Å². The van der Waals surface area contributed by atoms with Gasteiger partial charge in [-0.1, -0.05) is 18.2 Å². The van der Waals surface area contributed by atoms with Gasteiger partial charge in [-0.3, -0.25) is 14.8 Å². The molecular weight excluding hydrogens is 286 g/mol. The first-order valence-corrected chi connectivity index (χ1v) is 8.11. The molecular formula is C19H19N3O. The van der Waals surface area contributed by atoms with Crippen LogP contribution in [0.5, 0.6) is 0 Å². The molecule has 2 aliphatic rings. The van der Waals surface area contributed by atoms with Crippen LogP contribution in [-0.2, 0) is 11.3 Å². The zero-order chi connectivity index (χ0) is 15.6. The number of hydrogen-bond donors (Lipinski definition) is 1. The Kier molecular flexibility index (Phi) is 3.66. The molecule has 1 saturated carbocycles. The van der Waals surface area contributed by atoms with Crippen LogP contribution < -0.4 is 5.32 Å². The summed E-state index contributed by atoms with van der Waals surface area (Å²) in [6.45, 7) is 0.538. The second-order valence-electron chi connectivity index (χ2n) is 6.40. The summed E-state index contributed by atoms with van der Waals surface area (Å²) < 4.78 is 0. The Bertz CT molecular complexity index is 724. The number of rotatable bonds is 4. The van der Waals surface area contributed by atoms with E-state index in [1.54, 1.807) is 12.4 Å². The van der Waals surface area contributed by atoms with Crippen molar-refractivity contribution >= 4 is 5.91 Å². The molecule has 1 N–H and O–H groups in total. The third-order valence-electron chi connectivity index (χ3n) is 4.86. The van der Waals surface area contributed by atoms with Gasteiger partial charge in [0.2, 0.25) is 5.91 Å². The van der Waals surface area contributed by atoms with E-state index in [9.17, 15) is 4.79 Å². The van der Waals surface area contributed by atoms with Gasteiger partial charge in [0.15, 0.2) is 0 Å². The van der Waals surface area contributed by atoms with Gasteiger partial charge in [-0.15, -0.1) is 0 Å². The molecule has 1 fully saturated rings. The highest BCUT2D eigenvalue weighted by Crippen LogP contribution is 2.43. The van der Waals surface area contributed by atoms with E-state index in [4.69, 9.17) is 0 Å². The van der Waals surface area contributed by atoms with Crippen LogP contribution in [0.4, 0.5) is 0 Å². The lowest BCUT2D eigenvalue weighted by atomic mass is 9.93. The van der Waals surface area contributed by atoms with Gasteiger partial charge in [0.05, 0.1) is 5.69 Å². The molecule has 0 radical (unpaired) electrons. The number of carbonyl (C=O) groups is 1. The van der Waals surface area contributed by atoms with Crippen molar-refractivity contribution in [3.05, 3.63) is 60.6 Å². The number of fused-ring (bicyclic) bond motifs is 2. The molecule has 116 valence electrons. The van der Waals surface area contributed by atoms with Gasteiger partial charge >= 0.3 is 0 Å². The van der Waals surface area contributed by atoms with E-state index in [-0.39, 0.29) is 11.8 Å². The minimum atomic E-state index is 0.160. The summed E-state index contributed by atoms with van der Waals surface area (Å²) in [6, 6.07) is 7.86. The topological polar surface area (TPSA) is 54.9 Å². The van der Waals surface area contributed by atoms with Crippen LogP contribution in [0.15, 0.2) is 55.0 Å².